The van der Waals surface area contributed by atoms with Crippen molar-refractivity contribution in [1.29, 1.82) is 0 Å². The molecule has 0 aliphatic carbocycles. The van der Waals surface area contributed by atoms with Gasteiger partial charge < -0.3 is 14.9 Å². The minimum atomic E-state index is 0.541. The molecule has 3 aromatic rings. The molecule has 0 bridgehead atoms. The number of H-pyrrole nitrogens is 1. The van der Waals surface area contributed by atoms with E-state index < -0.39 is 0 Å². The van der Waals surface area contributed by atoms with Crippen LogP contribution in [0.2, 0.25) is 0 Å². The zero-order valence-electron chi connectivity index (χ0n) is 14.8. The van der Waals surface area contributed by atoms with Crippen molar-refractivity contribution in [2.45, 2.75) is 33.4 Å². The van der Waals surface area contributed by atoms with Gasteiger partial charge in [0.05, 0.1) is 13.2 Å². The van der Waals surface area contributed by atoms with Gasteiger partial charge in [-0.1, -0.05) is 19.1 Å². The molecule has 0 saturated heterocycles. The summed E-state index contributed by atoms with van der Waals surface area (Å²) in [6.45, 7) is 5.73. The van der Waals surface area contributed by atoms with Gasteiger partial charge >= 0.3 is 0 Å². The van der Waals surface area contributed by atoms with Crippen LogP contribution in [0.3, 0.4) is 0 Å². The van der Waals surface area contributed by atoms with Crippen molar-refractivity contribution < 1.29 is 9.47 Å². The molecule has 2 aromatic heterocycles. The number of benzene rings is 1. The molecule has 138 valence electrons. The highest BCUT2D eigenvalue weighted by Gasteiger charge is 2.09. The maximum atomic E-state index is 5.92. The number of nitrogens with one attached hydrogen (secondary N) is 2. The Bertz CT molecular complexity index is 887. The first kappa shape index (κ1) is 18.5. The third kappa shape index (κ3) is 4.44. The summed E-state index contributed by atoms with van der Waals surface area (Å²) in [6, 6.07) is 10.0. The van der Waals surface area contributed by atoms with Crippen LogP contribution >= 0.6 is 23.6 Å². The van der Waals surface area contributed by atoms with E-state index in [1.165, 1.54) is 4.88 Å². The highest BCUT2D eigenvalue weighted by molar-refractivity contribution is 7.71. The number of aromatic amines is 1. The fourth-order valence-corrected chi connectivity index (χ4v) is 3.33. The van der Waals surface area contributed by atoms with E-state index in [1.807, 2.05) is 43.5 Å². The van der Waals surface area contributed by atoms with Crippen LogP contribution in [-0.2, 0) is 19.6 Å². The van der Waals surface area contributed by atoms with Gasteiger partial charge in [-0.2, -0.15) is 5.10 Å². The number of thiophene rings is 1. The summed E-state index contributed by atoms with van der Waals surface area (Å²) in [4.78, 5) is 1.18. The Labute approximate surface area is 161 Å². The molecule has 6 nitrogen and oxygen atoms in total. The minimum Gasteiger partial charge on any atom is -0.490 e. The van der Waals surface area contributed by atoms with E-state index in [4.69, 9.17) is 21.7 Å². The smallest absolute Gasteiger partial charge is 0.214 e. The van der Waals surface area contributed by atoms with Gasteiger partial charge in [0.25, 0.3) is 0 Å². The Hall–Kier alpha value is -2.32. The molecule has 0 atom stereocenters. The number of hydrogen-bond acceptors (Lipinski definition) is 6. The van der Waals surface area contributed by atoms with E-state index in [0.717, 1.165) is 29.3 Å². The second-order valence-corrected chi connectivity index (χ2v) is 6.97. The predicted molar refractivity (Wildman–Crippen MR) is 106 cm³/mol. The number of rotatable bonds is 9. The van der Waals surface area contributed by atoms with Crippen LogP contribution in [-0.4, -0.2) is 21.5 Å². The van der Waals surface area contributed by atoms with Crippen molar-refractivity contribution >= 4 is 23.6 Å². The Morgan fingerprint density at radius 1 is 1.23 bits per heavy atom. The molecular formula is C18H22N4O2S2. The second-order valence-electron chi connectivity index (χ2n) is 5.55. The van der Waals surface area contributed by atoms with Crippen LogP contribution in [0.5, 0.6) is 11.5 Å². The maximum absolute atomic E-state index is 5.92. The van der Waals surface area contributed by atoms with Gasteiger partial charge in [0.15, 0.2) is 17.3 Å². The molecular weight excluding hydrogens is 368 g/mol. The molecule has 0 aliphatic heterocycles. The normalized spacial score (nSPS) is 10.7. The number of ether oxygens (including phenoxy) is 2. The van der Waals surface area contributed by atoms with E-state index >= 15 is 0 Å². The number of aryl methyl sites for hydroxylation is 1. The van der Waals surface area contributed by atoms with Gasteiger partial charge in [-0.05, 0) is 48.3 Å². The molecule has 0 aliphatic rings. The molecule has 0 unspecified atom stereocenters. The van der Waals surface area contributed by atoms with E-state index in [0.29, 0.717) is 24.5 Å². The molecule has 3 rings (SSSR count). The van der Waals surface area contributed by atoms with Gasteiger partial charge in [-0.15, -0.1) is 11.3 Å². The molecule has 8 heteroatoms. The van der Waals surface area contributed by atoms with Crippen LogP contribution < -0.4 is 14.9 Å². The molecule has 2 N–H and O–H groups in total. The quantitative estimate of drug-likeness (QED) is 0.534. The standard InChI is InChI=1S/C18H22N4O2S2/c1-3-17-20-21-18(25)22(17)19-11-13-7-8-15(16(10-13)23-4-2)24-12-14-6-5-9-26-14/h5-10,19H,3-4,11-12H2,1-2H3,(H,21,25). The maximum Gasteiger partial charge on any atom is 0.214 e. The summed E-state index contributed by atoms with van der Waals surface area (Å²) in [6.07, 6.45) is 0.792. The lowest BCUT2D eigenvalue weighted by Crippen LogP contribution is -2.17. The minimum absolute atomic E-state index is 0.541. The monoisotopic (exact) mass is 390 g/mol. The van der Waals surface area contributed by atoms with Gasteiger partial charge in [-0.25, -0.2) is 4.68 Å². The lowest BCUT2D eigenvalue weighted by Gasteiger charge is -2.14. The van der Waals surface area contributed by atoms with Gasteiger partial charge in [0, 0.05) is 11.3 Å². The fourth-order valence-electron chi connectivity index (χ4n) is 2.49. The second kappa shape index (κ2) is 8.86. The Balaban J connectivity index is 1.70. The zero-order chi connectivity index (χ0) is 18.4. The average Bonchev–Trinajstić information content (AvgIpc) is 3.29. The van der Waals surface area contributed by atoms with Crippen molar-refractivity contribution in [3.63, 3.8) is 0 Å². The van der Waals surface area contributed by atoms with E-state index in [9.17, 15) is 0 Å². The topological polar surface area (TPSA) is 64.1 Å². The average molecular weight is 391 g/mol. The highest BCUT2D eigenvalue weighted by Crippen LogP contribution is 2.29. The SMILES string of the molecule is CCOc1cc(CNn2c(CC)n[nH]c2=S)ccc1OCc1cccs1. The Morgan fingerprint density at radius 2 is 2.12 bits per heavy atom. The molecule has 0 amide bonds. The summed E-state index contributed by atoms with van der Waals surface area (Å²) in [5.41, 5.74) is 4.37. The summed E-state index contributed by atoms with van der Waals surface area (Å²) in [7, 11) is 0. The van der Waals surface area contributed by atoms with Crippen LogP contribution in [0.1, 0.15) is 30.1 Å². The third-order valence-electron chi connectivity index (χ3n) is 3.76. The first-order chi connectivity index (χ1) is 12.7. The molecule has 0 radical (unpaired) electrons. The van der Waals surface area contributed by atoms with Gasteiger partial charge in [0.2, 0.25) is 4.77 Å². The molecule has 0 spiro atoms. The van der Waals surface area contributed by atoms with Crippen LogP contribution in [0.25, 0.3) is 0 Å². The molecule has 26 heavy (non-hydrogen) atoms. The summed E-state index contributed by atoms with van der Waals surface area (Å²) in [5.74, 6) is 2.36. The van der Waals surface area contributed by atoms with Crippen molar-refractivity contribution in [3.05, 3.63) is 56.7 Å². The van der Waals surface area contributed by atoms with E-state index in [2.05, 4.69) is 21.7 Å². The first-order valence-corrected chi connectivity index (χ1v) is 9.81. The Kier molecular flexibility index (Phi) is 6.30. The zero-order valence-corrected chi connectivity index (χ0v) is 16.5. The molecule has 2 heterocycles. The Morgan fingerprint density at radius 3 is 2.85 bits per heavy atom. The van der Waals surface area contributed by atoms with Crippen molar-refractivity contribution in [1.82, 2.24) is 14.9 Å². The number of hydrogen-bond donors (Lipinski definition) is 2. The third-order valence-corrected chi connectivity index (χ3v) is 4.88. The van der Waals surface area contributed by atoms with Crippen LogP contribution in [0.4, 0.5) is 0 Å². The largest absolute Gasteiger partial charge is 0.490 e. The lowest BCUT2D eigenvalue weighted by atomic mass is 10.2. The number of aromatic nitrogens is 3. The van der Waals surface area contributed by atoms with Gasteiger partial charge in [-0.3, -0.25) is 5.10 Å². The molecule has 0 saturated carbocycles. The van der Waals surface area contributed by atoms with Crippen LogP contribution in [0, 0.1) is 4.77 Å². The predicted octanol–water partition coefficient (Wildman–Crippen LogP) is 4.29. The van der Waals surface area contributed by atoms with Gasteiger partial charge in [0.1, 0.15) is 6.61 Å². The van der Waals surface area contributed by atoms with Crippen LogP contribution in [0.15, 0.2) is 35.7 Å². The molecule has 0 fully saturated rings. The van der Waals surface area contributed by atoms with Crippen molar-refractivity contribution in [2.24, 2.45) is 0 Å². The van der Waals surface area contributed by atoms with E-state index in [-0.39, 0.29) is 0 Å². The fraction of sp³-hybridized carbons (Fsp3) is 0.333. The summed E-state index contributed by atoms with van der Waals surface area (Å²) in [5, 5.41) is 9.04. The van der Waals surface area contributed by atoms with Crippen molar-refractivity contribution in [2.75, 3.05) is 12.0 Å². The number of nitrogens with zero attached hydrogens (tertiary/aromatic N) is 2. The molecule has 1 aromatic carbocycles. The van der Waals surface area contributed by atoms with Crippen molar-refractivity contribution in [3.8, 4) is 11.5 Å². The first-order valence-electron chi connectivity index (χ1n) is 8.52. The summed E-state index contributed by atoms with van der Waals surface area (Å²) >= 11 is 6.93. The van der Waals surface area contributed by atoms with E-state index in [1.54, 1.807) is 16.0 Å². The summed E-state index contributed by atoms with van der Waals surface area (Å²) < 4.78 is 14.0. The highest BCUT2D eigenvalue weighted by atomic mass is 32.1. The lowest BCUT2D eigenvalue weighted by molar-refractivity contribution is 0.271.